The Labute approximate surface area is 290 Å². The fourth-order valence-corrected chi connectivity index (χ4v) is 8.07. The molecule has 7 aromatic rings. The molecule has 0 fully saturated rings. The third-order valence-corrected chi connectivity index (χ3v) is 10.6. The van der Waals surface area contributed by atoms with Gasteiger partial charge in [-0.3, -0.25) is 0 Å². The van der Waals surface area contributed by atoms with Crippen LogP contribution in [-0.2, 0) is 0 Å². The van der Waals surface area contributed by atoms with Crippen LogP contribution in [0.5, 0.6) is 0 Å². The second kappa shape index (κ2) is 12.6. The van der Waals surface area contributed by atoms with Crippen LogP contribution in [0.2, 0.25) is 0 Å². The van der Waals surface area contributed by atoms with Crippen molar-refractivity contribution in [2.24, 2.45) is 0 Å². The molecule has 9 rings (SSSR count). The van der Waals surface area contributed by atoms with Gasteiger partial charge in [0.2, 0.25) is 0 Å². The summed E-state index contributed by atoms with van der Waals surface area (Å²) in [5.74, 6) is 2.36. The summed E-state index contributed by atoms with van der Waals surface area (Å²) in [7, 11) is 0. The smallest absolute Gasteiger partial charge is 0.165 e. The lowest BCUT2D eigenvalue weighted by Crippen LogP contribution is -2.02. The molecule has 1 unspecified atom stereocenters. The van der Waals surface area contributed by atoms with Gasteiger partial charge in [-0.15, -0.1) is 0 Å². The van der Waals surface area contributed by atoms with Gasteiger partial charge in [-0.25, -0.2) is 15.0 Å². The van der Waals surface area contributed by atoms with Gasteiger partial charge in [0, 0.05) is 27.5 Å². The summed E-state index contributed by atoms with van der Waals surface area (Å²) < 4.78 is 0. The minimum absolute atomic E-state index is 0.340. The summed E-state index contributed by atoms with van der Waals surface area (Å²) in [4.78, 5) is 18.0. The van der Waals surface area contributed by atoms with Gasteiger partial charge in [0.1, 0.15) is 0 Å². The highest BCUT2D eigenvalue weighted by atomic mass is 32.2. The van der Waals surface area contributed by atoms with E-state index in [0.717, 1.165) is 28.7 Å². The highest BCUT2D eigenvalue weighted by Crippen LogP contribution is 2.55. The quantitative estimate of drug-likeness (QED) is 0.180. The molecule has 3 nitrogen and oxygen atoms in total. The van der Waals surface area contributed by atoms with Gasteiger partial charge in [0.05, 0.1) is 0 Å². The van der Waals surface area contributed by atoms with Crippen molar-refractivity contribution in [1.29, 1.82) is 0 Å². The summed E-state index contributed by atoms with van der Waals surface area (Å²) in [5, 5.41) is 0. The van der Waals surface area contributed by atoms with Crippen molar-refractivity contribution in [2.75, 3.05) is 0 Å². The summed E-state index contributed by atoms with van der Waals surface area (Å²) in [5.41, 5.74) is 11.4. The molecule has 49 heavy (non-hydrogen) atoms. The molecule has 6 aromatic carbocycles. The van der Waals surface area contributed by atoms with Gasteiger partial charge in [-0.1, -0.05) is 170 Å². The lowest BCUT2D eigenvalue weighted by molar-refractivity contribution is 0.838. The first-order chi connectivity index (χ1) is 24.3. The minimum Gasteiger partial charge on any atom is -0.208 e. The zero-order valence-electron chi connectivity index (χ0n) is 26.7. The molecule has 0 bridgehead atoms. The monoisotopic (exact) mass is 645 g/mol. The standard InChI is InChI=1S/C45H31N3S/c1-4-12-30(13-5-1)32-20-22-34(23-21-32)37-28-39-38-18-10-11-19-41(38)49-42(39)40(29-37)45-47-43(35-16-8-3-9-17-35)46-44(48-45)36-26-24-33(25-27-36)31-14-6-2-7-15-31/h1-17,19-29,38H,18H2. The molecule has 0 spiro atoms. The van der Waals surface area contributed by atoms with Crippen LogP contribution in [-0.4, -0.2) is 15.0 Å². The highest BCUT2D eigenvalue weighted by Gasteiger charge is 2.32. The van der Waals surface area contributed by atoms with Gasteiger partial charge in [0.15, 0.2) is 17.5 Å². The number of hydrogen-bond acceptors (Lipinski definition) is 4. The van der Waals surface area contributed by atoms with Gasteiger partial charge in [0.25, 0.3) is 0 Å². The van der Waals surface area contributed by atoms with Crippen molar-refractivity contribution >= 4 is 11.8 Å². The van der Waals surface area contributed by atoms with E-state index in [4.69, 9.17) is 15.0 Å². The number of allylic oxidation sites excluding steroid dienone is 4. The van der Waals surface area contributed by atoms with Crippen LogP contribution in [0.1, 0.15) is 17.9 Å². The zero-order chi connectivity index (χ0) is 32.6. The summed E-state index contributed by atoms with van der Waals surface area (Å²) >= 11 is 1.86. The van der Waals surface area contributed by atoms with Crippen molar-refractivity contribution < 1.29 is 0 Å². The molecule has 0 N–H and O–H groups in total. The van der Waals surface area contributed by atoms with Gasteiger partial charge < -0.3 is 0 Å². The normalized spacial score (nSPS) is 14.6. The van der Waals surface area contributed by atoms with Gasteiger partial charge >= 0.3 is 0 Å². The molecule has 0 radical (unpaired) electrons. The summed E-state index contributed by atoms with van der Waals surface area (Å²) in [6, 6.07) is 53.3. The maximum absolute atomic E-state index is 5.21. The van der Waals surface area contributed by atoms with Crippen molar-refractivity contribution in [3.63, 3.8) is 0 Å². The van der Waals surface area contributed by atoms with Crippen molar-refractivity contribution in [3.8, 4) is 67.5 Å². The molecule has 0 amide bonds. The predicted octanol–water partition coefficient (Wildman–Crippen LogP) is 11.9. The Hall–Kier alpha value is -5.84. The molecule has 0 saturated heterocycles. The lowest BCUT2D eigenvalue weighted by Gasteiger charge is -2.16. The molecule has 1 aromatic heterocycles. The third kappa shape index (κ3) is 5.71. The van der Waals surface area contributed by atoms with Crippen LogP contribution >= 0.6 is 11.8 Å². The fraction of sp³-hybridized carbons (Fsp3) is 0.0444. The molecule has 2 heterocycles. The van der Waals surface area contributed by atoms with E-state index in [2.05, 4.69) is 146 Å². The molecule has 2 aliphatic rings. The van der Waals surface area contributed by atoms with E-state index in [1.165, 1.54) is 43.2 Å². The first-order valence-electron chi connectivity index (χ1n) is 16.6. The van der Waals surface area contributed by atoms with E-state index in [1.54, 1.807) is 0 Å². The molecule has 232 valence electrons. The van der Waals surface area contributed by atoms with E-state index in [9.17, 15) is 0 Å². The molecular weight excluding hydrogens is 615 g/mol. The number of nitrogens with zero attached hydrogens (tertiary/aromatic N) is 3. The fourth-order valence-electron chi connectivity index (χ4n) is 6.74. The SMILES string of the molecule is C1=CCC2C(=C1)Sc1c(-c3nc(-c4ccccc4)nc(-c4ccc(-c5ccccc5)cc4)n3)cc(-c3ccc(-c4ccccc4)cc3)cc12. The van der Waals surface area contributed by atoms with Gasteiger partial charge in [-0.05, 0) is 62.4 Å². The largest absolute Gasteiger partial charge is 0.208 e. The number of hydrogen-bond donors (Lipinski definition) is 0. The van der Waals surface area contributed by atoms with Crippen LogP contribution in [0.25, 0.3) is 67.5 Å². The summed E-state index contributed by atoms with van der Waals surface area (Å²) in [6.45, 7) is 0. The Morgan fingerprint density at radius 3 is 1.47 bits per heavy atom. The maximum atomic E-state index is 5.21. The predicted molar refractivity (Wildman–Crippen MR) is 203 cm³/mol. The third-order valence-electron chi connectivity index (χ3n) is 9.31. The summed E-state index contributed by atoms with van der Waals surface area (Å²) in [6.07, 6.45) is 7.71. The molecule has 4 heteroatoms. The van der Waals surface area contributed by atoms with Crippen molar-refractivity contribution in [3.05, 3.63) is 180 Å². The Morgan fingerprint density at radius 2 is 0.898 bits per heavy atom. The van der Waals surface area contributed by atoms with E-state index in [0.29, 0.717) is 23.4 Å². The number of thioether (sulfide) groups is 1. The highest BCUT2D eigenvalue weighted by molar-refractivity contribution is 8.03. The maximum Gasteiger partial charge on any atom is 0.165 e. The molecule has 1 aliphatic carbocycles. The van der Waals surface area contributed by atoms with Gasteiger partial charge in [-0.2, -0.15) is 0 Å². The first-order valence-corrected chi connectivity index (χ1v) is 17.4. The van der Waals surface area contributed by atoms with E-state index in [-0.39, 0.29) is 0 Å². The van der Waals surface area contributed by atoms with Crippen LogP contribution in [0.15, 0.2) is 180 Å². The Kier molecular flexibility index (Phi) is 7.56. The topological polar surface area (TPSA) is 38.7 Å². The van der Waals surface area contributed by atoms with Crippen molar-refractivity contribution in [1.82, 2.24) is 15.0 Å². The average Bonchev–Trinajstić information content (AvgIpc) is 3.57. The Morgan fingerprint density at radius 1 is 0.449 bits per heavy atom. The second-order valence-electron chi connectivity index (χ2n) is 12.4. The second-order valence-corrected chi connectivity index (χ2v) is 13.5. The molecule has 1 atom stereocenters. The number of aromatic nitrogens is 3. The molecule has 1 aliphatic heterocycles. The lowest BCUT2D eigenvalue weighted by atomic mass is 9.88. The first kappa shape index (κ1) is 29.3. The van der Waals surface area contributed by atoms with Crippen LogP contribution < -0.4 is 0 Å². The Balaban J connectivity index is 1.20. The molecular formula is C45H31N3S. The van der Waals surface area contributed by atoms with Crippen LogP contribution in [0.3, 0.4) is 0 Å². The van der Waals surface area contributed by atoms with E-state index < -0.39 is 0 Å². The minimum atomic E-state index is 0.340. The van der Waals surface area contributed by atoms with E-state index >= 15 is 0 Å². The number of benzene rings is 6. The Bertz CT molecular complexity index is 2350. The van der Waals surface area contributed by atoms with E-state index in [1.807, 2.05) is 36.0 Å². The van der Waals surface area contributed by atoms with Crippen molar-refractivity contribution in [2.45, 2.75) is 17.2 Å². The zero-order valence-corrected chi connectivity index (χ0v) is 27.5. The van der Waals surface area contributed by atoms with Crippen LogP contribution in [0, 0.1) is 0 Å². The van der Waals surface area contributed by atoms with Crippen LogP contribution in [0.4, 0.5) is 0 Å². The number of fused-ring (bicyclic) bond motifs is 3. The average molecular weight is 646 g/mol. The number of rotatable bonds is 6. The molecule has 0 saturated carbocycles.